The van der Waals surface area contributed by atoms with Crippen molar-refractivity contribution in [2.45, 2.75) is 11.3 Å². The van der Waals surface area contributed by atoms with Gasteiger partial charge in [0.1, 0.15) is 0 Å². The molecule has 0 atom stereocenters. The van der Waals surface area contributed by atoms with Gasteiger partial charge in [-0.2, -0.15) is 0 Å². The topological polar surface area (TPSA) is 81.7 Å². The Hall–Kier alpha value is -1.44. The van der Waals surface area contributed by atoms with Crippen LogP contribution in [0.1, 0.15) is 16.8 Å². The maximum atomic E-state index is 11.9. The van der Waals surface area contributed by atoms with Crippen LogP contribution in [0.4, 0.5) is 0 Å². The van der Waals surface area contributed by atoms with Crippen molar-refractivity contribution in [2.24, 2.45) is 0 Å². The van der Waals surface area contributed by atoms with E-state index in [9.17, 15) is 13.2 Å². The summed E-state index contributed by atoms with van der Waals surface area (Å²) < 4.78 is 35.6. The summed E-state index contributed by atoms with van der Waals surface area (Å²) in [5, 5.41) is 0. The van der Waals surface area contributed by atoms with Crippen molar-refractivity contribution < 1.29 is 22.7 Å². The largest absolute Gasteiger partial charge is 0.465 e. The Bertz CT molecular complexity index is 509. The molecule has 106 valence electrons. The van der Waals surface area contributed by atoms with Gasteiger partial charge < -0.3 is 9.47 Å². The molecule has 0 amide bonds. The molecule has 0 spiro atoms. The second-order valence-electron chi connectivity index (χ2n) is 3.76. The standard InChI is InChI=1S/C12H17NO5S/c1-17-9-3-8-13-19(15,16)11-6-4-10(5-7-11)12(14)18-2/h4-7,13H,3,8-9H2,1-2H3. The molecule has 1 aromatic carbocycles. The highest BCUT2D eigenvalue weighted by atomic mass is 32.2. The molecular formula is C12H17NO5S. The third kappa shape index (κ3) is 4.62. The number of hydrogen-bond acceptors (Lipinski definition) is 5. The summed E-state index contributed by atoms with van der Waals surface area (Å²) in [6.45, 7) is 0.790. The number of sulfonamides is 1. The van der Waals surface area contributed by atoms with Crippen molar-refractivity contribution in [1.29, 1.82) is 0 Å². The van der Waals surface area contributed by atoms with Crippen LogP contribution in [0.3, 0.4) is 0 Å². The Morgan fingerprint density at radius 3 is 2.37 bits per heavy atom. The van der Waals surface area contributed by atoms with Crippen LogP contribution in [0.15, 0.2) is 29.2 Å². The smallest absolute Gasteiger partial charge is 0.337 e. The predicted molar refractivity (Wildman–Crippen MR) is 69.5 cm³/mol. The Labute approximate surface area is 112 Å². The van der Waals surface area contributed by atoms with Gasteiger partial charge in [0.25, 0.3) is 0 Å². The summed E-state index contributed by atoms with van der Waals surface area (Å²) in [6, 6.07) is 5.56. The summed E-state index contributed by atoms with van der Waals surface area (Å²) in [5.41, 5.74) is 0.306. The molecule has 0 unspecified atom stereocenters. The normalized spacial score (nSPS) is 11.3. The van der Waals surface area contributed by atoms with Crippen molar-refractivity contribution in [1.82, 2.24) is 4.72 Å². The van der Waals surface area contributed by atoms with Crippen LogP contribution in [0.25, 0.3) is 0 Å². The van der Waals surface area contributed by atoms with E-state index in [1.165, 1.54) is 31.4 Å². The third-order valence-electron chi connectivity index (χ3n) is 2.40. The number of esters is 1. The van der Waals surface area contributed by atoms with E-state index in [0.717, 1.165) is 0 Å². The quantitative estimate of drug-likeness (QED) is 0.592. The van der Waals surface area contributed by atoms with E-state index in [2.05, 4.69) is 9.46 Å². The fraction of sp³-hybridized carbons (Fsp3) is 0.417. The SMILES string of the molecule is COCCCNS(=O)(=O)c1ccc(C(=O)OC)cc1. The first-order valence-electron chi connectivity index (χ1n) is 5.68. The zero-order chi connectivity index (χ0) is 14.3. The predicted octanol–water partition coefficient (Wildman–Crippen LogP) is 0.788. The summed E-state index contributed by atoms with van der Waals surface area (Å²) >= 11 is 0. The van der Waals surface area contributed by atoms with Gasteiger partial charge in [-0.05, 0) is 30.7 Å². The molecular weight excluding hydrogens is 270 g/mol. The van der Waals surface area contributed by atoms with Gasteiger partial charge in [0.2, 0.25) is 10.0 Å². The van der Waals surface area contributed by atoms with E-state index in [-0.39, 0.29) is 4.90 Å². The molecule has 0 aliphatic rings. The highest BCUT2D eigenvalue weighted by molar-refractivity contribution is 7.89. The third-order valence-corrected chi connectivity index (χ3v) is 3.88. The molecule has 0 bridgehead atoms. The molecule has 1 rings (SSSR count). The minimum Gasteiger partial charge on any atom is -0.465 e. The van der Waals surface area contributed by atoms with Gasteiger partial charge in [0.15, 0.2) is 0 Å². The average Bonchev–Trinajstić information content (AvgIpc) is 2.43. The second kappa shape index (κ2) is 7.22. The second-order valence-corrected chi connectivity index (χ2v) is 5.53. The first-order chi connectivity index (χ1) is 9.01. The zero-order valence-electron chi connectivity index (χ0n) is 10.9. The number of benzene rings is 1. The summed E-state index contributed by atoms with van der Waals surface area (Å²) in [7, 11) is -0.724. The van der Waals surface area contributed by atoms with Gasteiger partial charge >= 0.3 is 5.97 Å². The molecule has 0 radical (unpaired) electrons. The highest BCUT2D eigenvalue weighted by Crippen LogP contribution is 2.11. The molecule has 0 aromatic heterocycles. The maximum absolute atomic E-state index is 11.9. The zero-order valence-corrected chi connectivity index (χ0v) is 11.7. The molecule has 7 heteroatoms. The summed E-state index contributed by atoms with van der Waals surface area (Å²) in [6.07, 6.45) is 0.593. The Balaban J connectivity index is 2.71. The van der Waals surface area contributed by atoms with E-state index in [0.29, 0.717) is 25.1 Å². The van der Waals surface area contributed by atoms with Gasteiger partial charge in [0.05, 0.1) is 17.6 Å². The number of hydrogen-bond donors (Lipinski definition) is 1. The van der Waals surface area contributed by atoms with E-state index in [4.69, 9.17) is 4.74 Å². The van der Waals surface area contributed by atoms with Crippen LogP contribution in [-0.4, -0.2) is 41.8 Å². The molecule has 1 aromatic rings. The van der Waals surface area contributed by atoms with Gasteiger partial charge in [-0.25, -0.2) is 17.9 Å². The van der Waals surface area contributed by atoms with Crippen LogP contribution >= 0.6 is 0 Å². The van der Waals surface area contributed by atoms with E-state index in [1.54, 1.807) is 7.11 Å². The van der Waals surface area contributed by atoms with Gasteiger partial charge in [-0.15, -0.1) is 0 Å². The van der Waals surface area contributed by atoms with Crippen molar-refractivity contribution in [3.63, 3.8) is 0 Å². The minimum absolute atomic E-state index is 0.109. The fourth-order valence-corrected chi connectivity index (χ4v) is 2.47. The lowest BCUT2D eigenvalue weighted by Gasteiger charge is -2.07. The molecule has 0 saturated carbocycles. The first-order valence-corrected chi connectivity index (χ1v) is 7.16. The van der Waals surface area contributed by atoms with Crippen LogP contribution in [0, 0.1) is 0 Å². The Morgan fingerprint density at radius 2 is 1.84 bits per heavy atom. The number of ether oxygens (including phenoxy) is 2. The number of carbonyl (C=O) groups excluding carboxylic acids is 1. The van der Waals surface area contributed by atoms with Crippen molar-refractivity contribution in [2.75, 3.05) is 27.4 Å². The van der Waals surface area contributed by atoms with Crippen LogP contribution in [0.5, 0.6) is 0 Å². The number of rotatable bonds is 7. The molecule has 0 heterocycles. The molecule has 0 aliphatic heterocycles. The van der Waals surface area contributed by atoms with Crippen LogP contribution < -0.4 is 4.72 Å². The first kappa shape index (κ1) is 15.6. The minimum atomic E-state index is -3.55. The number of methoxy groups -OCH3 is 2. The lowest BCUT2D eigenvalue weighted by Crippen LogP contribution is -2.25. The van der Waals surface area contributed by atoms with Gasteiger partial charge in [0, 0.05) is 20.3 Å². The summed E-state index contributed by atoms with van der Waals surface area (Å²) in [4.78, 5) is 11.3. The van der Waals surface area contributed by atoms with E-state index >= 15 is 0 Å². The maximum Gasteiger partial charge on any atom is 0.337 e. The van der Waals surface area contributed by atoms with Crippen molar-refractivity contribution in [3.8, 4) is 0 Å². The molecule has 0 aliphatic carbocycles. The highest BCUT2D eigenvalue weighted by Gasteiger charge is 2.14. The van der Waals surface area contributed by atoms with Crippen molar-refractivity contribution in [3.05, 3.63) is 29.8 Å². The molecule has 19 heavy (non-hydrogen) atoms. The van der Waals surface area contributed by atoms with Gasteiger partial charge in [-0.3, -0.25) is 0 Å². The molecule has 0 saturated heterocycles. The monoisotopic (exact) mass is 287 g/mol. The lowest BCUT2D eigenvalue weighted by atomic mass is 10.2. The Morgan fingerprint density at radius 1 is 1.21 bits per heavy atom. The van der Waals surface area contributed by atoms with E-state index < -0.39 is 16.0 Å². The summed E-state index contributed by atoms with van der Waals surface area (Å²) in [5.74, 6) is -0.503. The molecule has 1 N–H and O–H groups in total. The van der Waals surface area contributed by atoms with Crippen molar-refractivity contribution >= 4 is 16.0 Å². The van der Waals surface area contributed by atoms with Gasteiger partial charge in [-0.1, -0.05) is 0 Å². The fourth-order valence-electron chi connectivity index (χ4n) is 1.39. The van der Waals surface area contributed by atoms with Crippen LogP contribution in [0.2, 0.25) is 0 Å². The molecule has 6 nitrogen and oxygen atoms in total. The average molecular weight is 287 g/mol. The number of nitrogens with one attached hydrogen (secondary N) is 1. The number of carbonyl (C=O) groups is 1. The molecule has 0 fully saturated rings. The Kier molecular flexibility index (Phi) is 5.94. The lowest BCUT2D eigenvalue weighted by molar-refractivity contribution is 0.0600. The van der Waals surface area contributed by atoms with E-state index in [1.807, 2.05) is 0 Å². The van der Waals surface area contributed by atoms with Crippen LogP contribution in [-0.2, 0) is 19.5 Å².